The minimum atomic E-state index is -5.01. The second kappa shape index (κ2) is 8.46. The van der Waals surface area contributed by atoms with E-state index in [9.17, 15) is 27.6 Å². The van der Waals surface area contributed by atoms with E-state index < -0.39 is 29.8 Å². The summed E-state index contributed by atoms with van der Waals surface area (Å²) in [7, 11) is 0. The molecule has 1 atom stereocenters. The number of halogens is 3. The van der Waals surface area contributed by atoms with Gasteiger partial charge >= 0.3 is 6.18 Å². The second-order valence-electron chi connectivity index (χ2n) is 6.73. The van der Waals surface area contributed by atoms with E-state index in [0.29, 0.717) is 6.42 Å². The fourth-order valence-electron chi connectivity index (χ4n) is 3.37. The number of hydrogen-bond acceptors (Lipinski definition) is 3. The molecule has 1 heterocycles. The maximum Gasteiger partial charge on any atom is 0.452 e. The summed E-state index contributed by atoms with van der Waals surface area (Å²) < 4.78 is 38.6. The van der Waals surface area contributed by atoms with Gasteiger partial charge in [-0.05, 0) is 30.5 Å². The Morgan fingerprint density at radius 1 is 0.966 bits per heavy atom. The Balaban J connectivity index is 1.79. The molecular weight excluding hydrogens is 385 g/mol. The fraction of sp³-hybridized carbons (Fsp3) is 0.286. The molecule has 1 fully saturated rings. The molecule has 0 spiro atoms. The van der Waals surface area contributed by atoms with Crippen molar-refractivity contribution in [3.63, 3.8) is 0 Å². The van der Waals surface area contributed by atoms with Crippen molar-refractivity contribution >= 4 is 17.6 Å². The van der Waals surface area contributed by atoms with Crippen LogP contribution in [-0.2, 0) is 11.3 Å². The summed E-state index contributed by atoms with van der Waals surface area (Å²) in [6, 6.07) is 13.5. The Labute approximate surface area is 165 Å². The van der Waals surface area contributed by atoms with E-state index in [-0.39, 0.29) is 30.6 Å². The molecule has 3 rings (SSSR count). The van der Waals surface area contributed by atoms with E-state index >= 15 is 0 Å². The molecular formula is C21H19F3N2O3. The van der Waals surface area contributed by atoms with E-state index in [1.54, 1.807) is 6.07 Å². The van der Waals surface area contributed by atoms with Gasteiger partial charge in [-0.15, -0.1) is 0 Å². The number of carbonyl (C=O) groups excluding carboxylic acids is 3. The molecule has 2 aromatic rings. The molecule has 0 saturated carbocycles. The van der Waals surface area contributed by atoms with Gasteiger partial charge in [0, 0.05) is 13.1 Å². The maximum atomic E-state index is 12.9. The van der Waals surface area contributed by atoms with Crippen molar-refractivity contribution in [3.05, 3.63) is 71.3 Å². The van der Waals surface area contributed by atoms with Gasteiger partial charge in [-0.3, -0.25) is 14.4 Å². The van der Waals surface area contributed by atoms with Crippen LogP contribution < -0.4 is 5.32 Å². The van der Waals surface area contributed by atoms with Crippen LogP contribution in [0.1, 0.15) is 39.1 Å². The van der Waals surface area contributed by atoms with Crippen molar-refractivity contribution in [1.29, 1.82) is 0 Å². The molecule has 2 aromatic carbocycles. The predicted molar refractivity (Wildman–Crippen MR) is 99.2 cm³/mol. The van der Waals surface area contributed by atoms with E-state index in [1.807, 2.05) is 30.3 Å². The summed E-state index contributed by atoms with van der Waals surface area (Å²) in [4.78, 5) is 38.1. The Bertz CT molecular complexity index is 913. The standard InChI is InChI=1S/C21H19F3N2O3/c22-21(23,24)18(27)17-11-6-12-26(17)20(29)16-10-5-4-9-15(16)19(28)25-13-14-7-2-1-3-8-14/h1-5,7-10,17H,6,11-13H2,(H,25,28). The van der Waals surface area contributed by atoms with E-state index in [4.69, 9.17) is 0 Å². The SMILES string of the molecule is O=C(NCc1ccccc1)c1ccccc1C(=O)N1CCCC1C(=O)C(F)(F)F. The van der Waals surface area contributed by atoms with Gasteiger partial charge in [-0.1, -0.05) is 42.5 Å². The van der Waals surface area contributed by atoms with Crippen LogP contribution in [-0.4, -0.2) is 41.3 Å². The lowest BCUT2D eigenvalue weighted by molar-refractivity contribution is -0.175. The Kier molecular flexibility index (Phi) is 6.00. The third-order valence-electron chi connectivity index (χ3n) is 4.79. The van der Waals surface area contributed by atoms with Gasteiger partial charge in [0.1, 0.15) is 6.04 Å². The maximum absolute atomic E-state index is 12.9. The van der Waals surface area contributed by atoms with Crippen molar-refractivity contribution in [2.24, 2.45) is 0 Å². The monoisotopic (exact) mass is 404 g/mol. The smallest absolute Gasteiger partial charge is 0.348 e. The van der Waals surface area contributed by atoms with Gasteiger partial charge in [0.05, 0.1) is 11.1 Å². The van der Waals surface area contributed by atoms with Gasteiger partial charge in [0.15, 0.2) is 0 Å². The van der Waals surface area contributed by atoms with Crippen LogP contribution in [0, 0.1) is 0 Å². The Hall–Kier alpha value is -3.16. The van der Waals surface area contributed by atoms with Crippen LogP contribution >= 0.6 is 0 Å². The molecule has 29 heavy (non-hydrogen) atoms. The van der Waals surface area contributed by atoms with Crippen LogP contribution in [0.15, 0.2) is 54.6 Å². The van der Waals surface area contributed by atoms with Crippen LogP contribution in [0.3, 0.4) is 0 Å². The summed E-state index contributed by atoms with van der Waals surface area (Å²) in [6.45, 7) is 0.270. The van der Waals surface area contributed by atoms with Crippen molar-refractivity contribution in [1.82, 2.24) is 10.2 Å². The lowest BCUT2D eigenvalue weighted by Gasteiger charge is -2.25. The summed E-state index contributed by atoms with van der Waals surface area (Å²) >= 11 is 0. The molecule has 152 valence electrons. The normalized spacial score (nSPS) is 16.5. The molecule has 1 aliphatic heterocycles. The first kappa shape index (κ1) is 20.6. The lowest BCUT2D eigenvalue weighted by Crippen LogP contribution is -2.46. The highest BCUT2D eigenvalue weighted by Crippen LogP contribution is 2.28. The molecule has 0 aromatic heterocycles. The number of Topliss-reactive ketones (excluding diaryl/α,β-unsaturated/α-hetero) is 1. The molecule has 5 nitrogen and oxygen atoms in total. The highest BCUT2D eigenvalue weighted by Gasteiger charge is 2.48. The van der Waals surface area contributed by atoms with Gasteiger partial charge in [-0.2, -0.15) is 13.2 Å². The van der Waals surface area contributed by atoms with E-state index in [1.165, 1.54) is 18.2 Å². The summed E-state index contributed by atoms with van der Waals surface area (Å²) in [6.07, 6.45) is -4.77. The number of alkyl halides is 3. The van der Waals surface area contributed by atoms with Gasteiger partial charge in [0.2, 0.25) is 0 Å². The number of amides is 2. The zero-order valence-corrected chi connectivity index (χ0v) is 15.4. The van der Waals surface area contributed by atoms with Crippen LogP contribution in [0.5, 0.6) is 0 Å². The average molecular weight is 404 g/mol. The Morgan fingerprint density at radius 3 is 2.24 bits per heavy atom. The molecule has 0 bridgehead atoms. The second-order valence-corrected chi connectivity index (χ2v) is 6.73. The molecule has 1 N–H and O–H groups in total. The van der Waals surface area contributed by atoms with Gasteiger partial charge in [-0.25, -0.2) is 0 Å². The largest absolute Gasteiger partial charge is 0.452 e. The summed E-state index contributed by atoms with van der Waals surface area (Å²) in [5.41, 5.74) is 0.888. The molecule has 2 amide bonds. The summed E-state index contributed by atoms with van der Waals surface area (Å²) in [5.74, 6) is -3.21. The zero-order valence-electron chi connectivity index (χ0n) is 15.4. The minimum Gasteiger partial charge on any atom is -0.348 e. The quantitative estimate of drug-likeness (QED) is 0.831. The highest BCUT2D eigenvalue weighted by molar-refractivity contribution is 6.08. The fourth-order valence-corrected chi connectivity index (χ4v) is 3.37. The summed E-state index contributed by atoms with van der Waals surface area (Å²) in [5, 5.41) is 2.70. The lowest BCUT2D eigenvalue weighted by atomic mass is 10.0. The van der Waals surface area contributed by atoms with Gasteiger partial charge in [0.25, 0.3) is 17.6 Å². The van der Waals surface area contributed by atoms with Crippen LogP contribution in [0.2, 0.25) is 0 Å². The number of benzene rings is 2. The minimum absolute atomic E-state index is 0.0278. The number of ketones is 1. The first-order valence-corrected chi connectivity index (χ1v) is 9.12. The number of hydrogen-bond donors (Lipinski definition) is 1. The van der Waals surface area contributed by atoms with Crippen LogP contribution in [0.4, 0.5) is 13.2 Å². The third-order valence-corrected chi connectivity index (χ3v) is 4.79. The average Bonchev–Trinajstić information content (AvgIpc) is 3.20. The van der Waals surface area contributed by atoms with Gasteiger partial charge < -0.3 is 10.2 Å². The van der Waals surface area contributed by atoms with E-state index in [2.05, 4.69) is 5.32 Å². The van der Waals surface area contributed by atoms with Crippen molar-refractivity contribution < 1.29 is 27.6 Å². The van der Waals surface area contributed by atoms with Crippen LogP contribution in [0.25, 0.3) is 0 Å². The molecule has 8 heteroatoms. The number of likely N-dealkylation sites (tertiary alicyclic amines) is 1. The number of rotatable bonds is 5. The van der Waals surface area contributed by atoms with Crippen molar-refractivity contribution in [2.45, 2.75) is 31.6 Å². The first-order chi connectivity index (χ1) is 13.8. The first-order valence-electron chi connectivity index (χ1n) is 9.12. The number of nitrogens with one attached hydrogen (secondary N) is 1. The Morgan fingerprint density at radius 2 is 1.59 bits per heavy atom. The highest BCUT2D eigenvalue weighted by atomic mass is 19.4. The number of carbonyl (C=O) groups is 3. The molecule has 1 saturated heterocycles. The molecule has 0 aliphatic carbocycles. The van der Waals surface area contributed by atoms with Crippen molar-refractivity contribution in [2.75, 3.05) is 6.54 Å². The number of nitrogens with zero attached hydrogens (tertiary/aromatic N) is 1. The third kappa shape index (κ3) is 4.64. The molecule has 1 aliphatic rings. The van der Waals surface area contributed by atoms with Crippen molar-refractivity contribution in [3.8, 4) is 0 Å². The topological polar surface area (TPSA) is 66.5 Å². The molecule has 0 radical (unpaired) electrons. The predicted octanol–water partition coefficient (Wildman–Crippen LogP) is 3.35. The molecule has 1 unspecified atom stereocenters. The zero-order chi connectivity index (χ0) is 21.0. The van der Waals surface area contributed by atoms with E-state index in [0.717, 1.165) is 10.5 Å².